The molecule has 0 unspecified atom stereocenters. The van der Waals surface area contributed by atoms with Crippen LogP contribution in [0.4, 0.5) is 4.79 Å². The van der Waals surface area contributed by atoms with Gasteiger partial charge < -0.3 is 14.9 Å². The van der Waals surface area contributed by atoms with E-state index in [4.69, 9.17) is 5.11 Å². The molecular weight excluding hydrogens is 196 g/mol. The SMILES string of the molecule is C=CCN(CC=C)C(=O)N(C)CC(=O)O. The first-order valence-corrected chi connectivity index (χ1v) is 4.46. The summed E-state index contributed by atoms with van der Waals surface area (Å²) >= 11 is 0. The number of aliphatic carboxylic acids is 1. The first kappa shape index (κ1) is 13.2. The number of amides is 2. The molecule has 0 rings (SSSR count). The van der Waals surface area contributed by atoms with Crippen molar-refractivity contribution in [3.8, 4) is 0 Å². The van der Waals surface area contributed by atoms with Crippen molar-refractivity contribution in [2.45, 2.75) is 0 Å². The standard InChI is InChI=1S/C10H16N2O3/c1-4-6-12(7-5-2)10(15)11(3)8-9(13)14/h4-5H,1-2,6-8H2,3H3,(H,13,14). The van der Waals surface area contributed by atoms with Gasteiger partial charge in [-0.25, -0.2) is 4.79 Å². The van der Waals surface area contributed by atoms with Gasteiger partial charge in [-0.1, -0.05) is 12.2 Å². The topological polar surface area (TPSA) is 60.9 Å². The summed E-state index contributed by atoms with van der Waals surface area (Å²) in [5, 5.41) is 8.52. The molecule has 0 aliphatic rings. The van der Waals surface area contributed by atoms with Gasteiger partial charge in [0.25, 0.3) is 0 Å². The molecule has 0 aliphatic carbocycles. The lowest BCUT2D eigenvalue weighted by Gasteiger charge is -2.25. The monoisotopic (exact) mass is 212 g/mol. The highest BCUT2D eigenvalue weighted by molar-refractivity contribution is 5.80. The molecule has 2 amide bonds. The van der Waals surface area contributed by atoms with Crippen LogP contribution in [0.25, 0.3) is 0 Å². The third kappa shape index (κ3) is 4.85. The summed E-state index contributed by atoms with van der Waals surface area (Å²) in [6, 6.07) is -0.350. The zero-order valence-corrected chi connectivity index (χ0v) is 8.85. The Balaban J connectivity index is 4.39. The average Bonchev–Trinajstić information content (AvgIpc) is 2.15. The van der Waals surface area contributed by atoms with Crippen LogP contribution < -0.4 is 0 Å². The number of hydrogen-bond donors (Lipinski definition) is 1. The fourth-order valence-corrected chi connectivity index (χ4v) is 1.05. The molecule has 0 saturated carbocycles. The smallest absolute Gasteiger partial charge is 0.323 e. The predicted octanol–water partition coefficient (Wildman–Crippen LogP) is 0.797. The maximum absolute atomic E-state index is 11.7. The molecule has 0 aromatic heterocycles. The molecule has 1 N–H and O–H groups in total. The van der Waals surface area contributed by atoms with Gasteiger partial charge >= 0.3 is 12.0 Å². The van der Waals surface area contributed by atoms with Gasteiger partial charge in [-0.2, -0.15) is 0 Å². The van der Waals surface area contributed by atoms with Crippen LogP contribution in [0, 0.1) is 0 Å². The summed E-state index contributed by atoms with van der Waals surface area (Å²) in [4.78, 5) is 24.6. The molecule has 0 radical (unpaired) electrons. The van der Waals surface area contributed by atoms with Gasteiger partial charge in [0, 0.05) is 20.1 Å². The van der Waals surface area contributed by atoms with Gasteiger partial charge in [0.1, 0.15) is 6.54 Å². The summed E-state index contributed by atoms with van der Waals surface area (Å²) in [5.74, 6) is -1.04. The lowest BCUT2D eigenvalue weighted by Crippen LogP contribution is -2.43. The van der Waals surface area contributed by atoms with Crippen molar-refractivity contribution in [2.75, 3.05) is 26.7 Å². The minimum absolute atomic E-state index is 0.316. The summed E-state index contributed by atoms with van der Waals surface area (Å²) in [6.45, 7) is 7.47. The largest absolute Gasteiger partial charge is 0.480 e. The zero-order chi connectivity index (χ0) is 11.8. The third-order valence-electron chi connectivity index (χ3n) is 1.67. The molecular formula is C10H16N2O3. The van der Waals surface area contributed by atoms with Gasteiger partial charge in [-0.05, 0) is 0 Å². The van der Waals surface area contributed by atoms with Crippen LogP contribution in [0.2, 0.25) is 0 Å². The van der Waals surface area contributed by atoms with Crippen molar-refractivity contribution in [3.63, 3.8) is 0 Å². The molecule has 0 bridgehead atoms. The number of urea groups is 1. The van der Waals surface area contributed by atoms with E-state index in [0.717, 1.165) is 4.90 Å². The molecule has 0 aromatic rings. The molecule has 15 heavy (non-hydrogen) atoms. The van der Waals surface area contributed by atoms with Crippen LogP contribution in [0.1, 0.15) is 0 Å². The average molecular weight is 212 g/mol. The van der Waals surface area contributed by atoms with Crippen LogP contribution in [0.5, 0.6) is 0 Å². The summed E-state index contributed by atoms with van der Waals surface area (Å²) < 4.78 is 0. The number of carboxylic acid groups (broad SMARTS) is 1. The van der Waals surface area contributed by atoms with Crippen LogP contribution in [0.15, 0.2) is 25.3 Å². The molecule has 0 fully saturated rings. The van der Waals surface area contributed by atoms with Crippen molar-refractivity contribution >= 4 is 12.0 Å². The second kappa shape index (κ2) is 6.64. The van der Waals surface area contributed by atoms with Crippen molar-refractivity contribution in [1.82, 2.24) is 9.80 Å². The fourth-order valence-electron chi connectivity index (χ4n) is 1.05. The fraction of sp³-hybridized carbons (Fsp3) is 0.400. The minimum atomic E-state index is -1.04. The van der Waals surface area contributed by atoms with Gasteiger partial charge in [-0.3, -0.25) is 4.79 Å². The second-order valence-electron chi connectivity index (χ2n) is 3.01. The first-order chi connectivity index (χ1) is 7.02. The first-order valence-electron chi connectivity index (χ1n) is 4.46. The molecule has 0 aliphatic heterocycles. The number of carboxylic acids is 1. The molecule has 5 heteroatoms. The highest BCUT2D eigenvalue weighted by Gasteiger charge is 2.17. The summed E-state index contributed by atoms with van der Waals surface area (Å²) in [7, 11) is 1.44. The van der Waals surface area contributed by atoms with Crippen molar-refractivity contribution in [2.24, 2.45) is 0 Å². The molecule has 0 spiro atoms. The van der Waals surface area contributed by atoms with Crippen LogP contribution in [-0.4, -0.2) is 53.6 Å². The molecule has 0 atom stereocenters. The third-order valence-corrected chi connectivity index (χ3v) is 1.67. The number of nitrogens with zero attached hydrogens (tertiary/aromatic N) is 2. The van der Waals surface area contributed by atoms with E-state index in [1.165, 1.54) is 11.9 Å². The number of likely N-dealkylation sites (N-methyl/N-ethyl adjacent to an activating group) is 1. The molecule has 0 aromatic carbocycles. The van der Waals surface area contributed by atoms with Crippen LogP contribution in [-0.2, 0) is 4.79 Å². The second-order valence-corrected chi connectivity index (χ2v) is 3.01. The van der Waals surface area contributed by atoms with E-state index in [2.05, 4.69) is 13.2 Å². The highest BCUT2D eigenvalue weighted by atomic mass is 16.4. The Labute approximate surface area is 89.3 Å². The minimum Gasteiger partial charge on any atom is -0.480 e. The predicted molar refractivity (Wildman–Crippen MR) is 57.6 cm³/mol. The Morgan fingerprint density at radius 2 is 1.73 bits per heavy atom. The summed E-state index contributed by atoms with van der Waals surface area (Å²) in [5.41, 5.74) is 0. The molecule has 84 valence electrons. The van der Waals surface area contributed by atoms with Gasteiger partial charge in [0.15, 0.2) is 0 Å². The van der Waals surface area contributed by atoms with E-state index in [9.17, 15) is 9.59 Å². The van der Waals surface area contributed by atoms with E-state index < -0.39 is 5.97 Å². The van der Waals surface area contributed by atoms with E-state index in [1.807, 2.05) is 0 Å². The number of rotatable bonds is 6. The molecule has 0 heterocycles. The van der Waals surface area contributed by atoms with Gasteiger partial charge in [0.2, 0.25) is 0 Å². The van der Waals surface area contributed by atoms with Gasteiger partial charge in [-0.15, -0.1) is 13.2 Å². The Morgan fingerprint density at radius 3 is 2.07 bits per heavy atom. The maximum Gasteiger partial charge on any atom is 0.323 e. The van der Waals surface area contributed by atoms with E-state index in [-0.39, 0.29) is 12.6 Å². The zero-order valence-electron chi connectivity index (χ0n) is 8.85. The Bertz CT molecular complexity index is 253. The highest BCUT2D eigenvalue weighted by Crippen LogP contribution is 1.97. The Morgan fingerprint density at radius 1 is 1.27 bits per heavy atom. The van der Waals surface area contributed by atoms with Crippen LogP contribution in [0.3, 0.4) is 0 Å². The lowest BCUT2D eigenvalue weighted by atomic mass is 10.4. The quantitative estimate of drug-likeness (QED) is 0.662. The van der Waals surface area contributed by atoms with Gasteiger partial charge in [0.05, 0.1) is 0 Å². The number of carbonyl (C=O) groups is 2. The van der Waals surface area contributed by atoms with Crippen LogP contribution >= 0.6 is 0 Å². The molecule has 5 nitrogen and oxygen atoms in total. The van der Waals surface area contributed by atoms with Crippen molar-refractivity contribution in [3.05, 3.63) is 25.3 Å². The number of hydrogen-bond acceptors (Lipinski definition) is 2. The van der Waals surface area contributed by atoms with E-state index >= 15 is 0 Å². The van der Waals surface area contributed by atoms with E-state index in [0.29, 0.717) is 13.1 Å². The molecule has 0 saturated heterocycles. The Kier molecular flexibility index (Phi) is 5.85. The number of carbonyl (C=O) groups excluding carboxylic acids is 1. The maximum atomic E-state index is 11.7. The lowest BCUT2D eigenvalue weighted by molar-refractivity contribution is -0.137. The van der Waals surface area contributed by atoms with Crippen molar-refractivity contribution in [1.29, 1.82) is 0 Å². The Hall–Kier alpha value is -1.78. The summed E-state index contributed by atoms with van der Waals surface area (Å²) in [6.07, 6.45) is 3.16. The normalized spacial score (nSPS) is 9.13. The van der Waals surface area contributed by atoms with Crippen molar-refractivity contribution < 1.29 is 14.7 Å². The van der Waals surface area contributed by atoms with E-state index in [1.54, 1.807) is 12.2 Å².